The van der Waals surface area contributed by atoms with E-state index in [2.05, 4.69) is 46.9 Å². The van der Waals surface area contributed by atoms with Crippen LogP contribution in [0.1, 0.15) is 11.1 Å². The molecule has 2 rings (SSSR count). The SMILES string of the molecule is Cc1cc2ncc(Br)c(Cl)c2cc1C. The molecule has 0 saturated carbocycles. The fraction of sp³-hybridized carbons (Fsp3) is 0.182. The van der Waals surface area contributed by atoms with E-state index in [9.17, 15) is 0 Å². The average molecular weight is 271 g/mol. The molecule has 0 amide bonds. The van der Waals surface area contributed by atoms with Crippen LogP contribution in [0.2, 0.25) is 5.02 Å². The molecular formula is C11H9BrClN. The highest BCUT2D eigenvalue weighted by Crippen LogP contribution is 2.30. The third-order valence-electron chi connectivity index (χ3n) is 2.38. The molecule has 0 aliphatic heterocycles. The van der Waals surface area contributed by atoms with Crippen LogP contribution in [0.3, 0.4) is 0 Å². The summed E-state index contributed by atoms with van der Waals surface area (Å²) in [5, 5.41) is 1.74. The van der Waals surface area contributed by atoms with Crippen molar-refractivity contribution in [1.29, 1.82) is 0 Å². The summed E-state index contributed by atoms with van der Waals surface area (Å²) in [6.45, 7) is 4.15. The summed E-state index contributed by atoms with van der Waals surface area (Å²) in [5.41, 5.74) is 3.42. The minimum Gasteiger partial charge on any atom is -0.255 e. The van der Waals surface area contributed by atoms with Gasteiger partial charge in [-0.2, -0.15) is 0 Å². The average Bonchev–Trinajstić information content (AvgIpc) is 2.15. The number of fused-ring (bicyclic) bond motifs is 1. The molecule has 0 atom stereocenters. The Morgan fingerprint density at radius 3 is 2.57 bits per heavy atom. The van der Waals surface area contributed by atoms with Crippen LogP contribution in [0.15, 0.2) is 22.8 Å². The normalized spacial score (nSPS) is 10.9. The van der Waals surface area contributed by atoms with E-state index in [4.69, 9.17) is 11.6 Å². The standard InChI is InChI=1S/C11H9BrClN/c1-6-3-8-10(4-7(6)2)14-5-9(12)11(8)13/h3-5H,1-2H3. The largest absolute Gasteiger partial charge is 0.255 e. The predicted octanol–water partition coefficient (Wildman–Crippen LogP) is 4.27. The number of hydrogen-bond donors (Lipinski definition) is 0. The van der Waals surface area contributed by atoms with E-state index in [1.54, 1.807) is 6.20 Å². The molecule has 0 bridgehead atoms. The molecule has 0 aliphatic rings. The van der Waals surface area contributed by atoms with Gasteiger partial charge in [0.15, 0.2) is 0 Å². The molecule has 1 heterocycles. The fourth-order valence-electron chi connectivity index (χ4n) is 1.40. The molecular weight excluding hydrogens is 261 g/mol. The molecule has 0 radical (unpaired) electrons. The number of hydrogen-bond acceptors (Lipinski definition) is 1. The number of rotatable bonds is 0. The van der Waals surface area contributed by atoms with Crippen LogP contribution in [0.5, 0.6) is 0 Å². The molecule has 1 aromatic heterocycles. The Kier molecular flexibility index (Phi) is 2.50. The van der Waals surface area contributed by atoms with Gasteiger partial charge in [0.05, 0.1) is 15.0 Å². The highest BCUT2D eigenvalue weighted by Gasteiger charge is 2.05. The first-order valence-corrected chi connectivity index (χ1v) is 5.47. The molecule has 0 N–H and O–H groups in total. The van der Waals surface area contributed by atoms with Crippen molar-refractivity contribution < 1.29 is 0 Å². The van der Waals surface area contributed by atoms with Gasteiger partial charge in [0.25, 0.3) is 0 Å². The summed E-state index contributed by atoms with van der Waals surface area (Å²) < 4.78 is 0.843. The van der Waals surface area contributed by atoms with Crippen LogP contribution in [0.4, 0.5) is 0 Å². The van der Waals surface area contributed by atoms with E-state index in [1.807, 2.05) is 0 Å². The highest BCUT2D eigenvalue weighted by molar-refractivity contribution is 9.10. The Balaban J connectivity index is 2.89. The van der Waals surface area contributed by atoms with Gasteiger partial charge in [-0.05, 0) is 53.0 Å². The van der Waals surface area contributed by atoms with Gasteiger partial charge in [-0.1, -0.05) is 11.6 Å². The molecule has 3 heteroatoms. The fourth-order valence-corrected chi connectivity index (χ4v) is 1.91. The zero-order valence-corrected chi connectivity index (χ0v) is 10.3. The number of nitrogens with zero attached hydrogens (tertiary/aromatic N) is 1. The maximum atomic E-state index is 6.16. The van der Waals surface area contributed by atoms with Crippen LogP contribution in [0, 0.1) is 13.8 Å². The number of pyridine rings is 1. The maximum absolute atomic E-state index is 6.16. The first-order chi connectivity index (χ1) is 6.59. The first kappa shape index (κ1) is 9.94. The monoisotopic (exact) mass is 269 g/mol. The lowest BCUT2D eigenvalue weighted by molar-refractivity contribution is 1.32. The van der Waals surface area contributed by atoms with Gasteiger partial charge in [-0.3, -0.25) is 4.98 Å². The van der Waals surface area contributed by atoms with Crippen molar-refractivity contribution in [3.8, 4) is 0 Å². The van der Waals surface area contributed by atoms with Crippen LogP contribution in [-0.4, -0.2) is 4.98 Å². The highest BCUT2D eigenvalue weighted by atomic mass is 79.9. The first-order valence-electron chi connectivity index (χ1n) is 4.30. The summed E-state index contributed by atoms with van der Waals surface area (Å²) in [4.78, 5) is 4.31. The molecule has 14 heavy (non-hydrogen) atoms. The number of aromatic nitrogens is 1. The van der Waals surface area contributed by atoms with Crippen molar-refractivity contribution in [1.82, 2.24) is 4.98 Å². The Morgan fingerprint density at radius 1 is 1.21 bits per heavy atom. The number of halogens is 2. The van der Waals surface area contributed by atoms with Crippen molar-refractivity contribution in [3.05, 3.63) is 39.0 Å². The van der Waals surface area contributed by atoms with Gasteiger partial charge in [-0.25, -0.2) is 0 Å². The second-order valence-electron chi connectivity index (χ2n) is 3.37. The van der Waals surface area contributed by atoms with Gasteiger partial charge >= 0.3 is 0 Å². The zero-order chi connectivity index (χ0) is 10.3. The second-order valence-corrected chi connectivity index (χ2v) is 4.61. The third kappa shape index (κ3) is 1.53. The lowest BCUT2D eigenvalue weighted by Crippen LogP contribution is -1.86. The van der Waals surface area contributed by atoms with E-state index < -0.39 is 0 Å². The molecule has 0 saturated heterocycles. The van der Waals surface area contributed by atoms with Crippen LogP contribution < -0.4 is 0 Å². The Bertz CT molecular complexity index is 508. The van der Waals surface area contributed by atoms with E-state index in [1.165, 1.54) is 11.1 Å². The van der Waals surface area contributed by atoms with E-state index in [0.717, 1.165) is 20.4 Å². The van der Waals surface area contributed by atoms with Crippen molar-refractivity contribution in [2.24, 2.45) is 0 Å². The summed E-state index contributed by atoms with van der Waals surface area (Å²) >= 11 is 9.53. The molecule has 0 spiro atoms. The second kappa shape index (κ2) is 3.52. The Morgan fingerprint density at radius 2 is 1.86 bits per heavy atom. The Hall–Kier alpha value is -0.600. The van der Waals surface area contributed by atoms with Crippen molar-refractivity contribution >= 4 is 38.4 Å². The van der Waals surface area contributed by atoms with E-state index >= 15 is 0 Å². The van der Waals surface area contributed by atoms with Gasteiger partial charge < -0.3 is 0 Å². The molecule has 0 aliphatic carbocycles. The van der Waals surface area contributed by atoms with Crippen molar-refractivity contribution in [2.45, 2.75) is 13.8 Å². The number of benzene rings is 1. The number of aryl methyl sites for hydroxylation is 2. The summed E-state index contributed by atoms with van der Waals surface area (Å²) in [6.07, 6.45) is 1.74. The van der Waals surface area contributed by atoms with Crippen LogP contribution in [-0.2, 0) is 0 Å². The van der Waals surface area contributed by atoms with Crippen molar-refractivity contribution in [2.75, 3.05) is 0 Å². The van der Waals surface area contributed by atoms with E-state index in [0.29, 0.717) is 0 Å². The summed E-state index contributed by atoms with van der Waals surface area (Å²) in [7, 11) is 0. The zero-order valence-electron chi connectivity index (χ0n) is 7.94. The van der Waals surface area contributed by atoms with Crippen LogP contribution >= 0.6 is 27.5 Å². The van der Waals surface area contributed by atoms with Crippen molar-refractivity contribution in [3.63, 3.8) is 0 Å². The summed E-state index contributed by atoms with van der Waals surface area (Å²) in [6, 6.07) is 4.13. The van der Waals surface area contributed by atoms with Crippen LogP contribution in [0.25, 0.3) is 10.9 Å². The molecule has 0 fully saturated rings. The third-order valence-corrected chi connectivity index (χ3v) is 3.61. The minimum absolute atomic E-state index is 0.734. The Labute approximate surface area is 96.2 Å². The minimum atomic E-state index is 0.734. The molecule has 72 valence electrons. The maximum Gasteiger partial charge on any atom is 0.0720 e. The topological polar surface area (TPSA) is 12.9 Å². The molecule has 0 unspecified atom stereocenters. The van der Waals surface area contributed by atoms with E-state index in [-0.39, 0.29) is 0 Å². The molecule has 1 nitrogen and oxygen atoms in total. The van der Waals surface area contributed by atoms with Gasteiger partial charge in [0.1, 0.15) is 0 Å². The van der Waals surface area contributed by atoms with Gasteiger partial charge in [0, 0.05) is 11.6 Å². The quantitative estimate of drug-likeness (QED) is 0.697. The lowest BCUT2D eigenvalue weighted by Gasteiger charge is -2.05. The summed E-state index contributed by atoms with van der Waals surface area (Å²) in [5.74, 6) is 0. The van der Waals surface area contributed by atoms with Gasteiger partial charge in [-0.15, -0.1) is 0 Å². The lowest BCUT2D eigenvalue weighted by atomic mass is 10.1. The predicted molar refractivity (Wildman–Crippen MR) is 63.9 cm³/mol. The molecule has 1 aromatic carbocycles. The van der Waals surface area contributed by atoms with Gasteiger partial charge in [0.2, 0.25) is 0 Å². The smallest absolute Gasteiger partial charge is 0.0720 e. The molecule has 2 aromatic rings.